The fourth-order valence-corrected chi connectivity index (χ4v) is 2.00. The van der Waals surface area contributed by atoms with Crippen LogP contribution in [0, 0.1) is 0 Å². The number of halogens is 1. The lowest BCUT2D eigenvalue weighted by molar-refractivity contribution is 0.291. The highest BCUT2D eigenvalue weighted by Crippen LogP contribution is 2.27. The molecule has 2 rings (SSSR count). The second kappa shape index (κ2) is 5.20. The summed E-state index contributed by atoms with van der Waals surface area (Å²) in [5.74, 6) is 1.20. The Morgan fingerprint density at radius 1 is 1.44 bits per heavy atom. The van der Waals surface area contributed by atoms with Crippen LogP contribution in [0.25, 0.3) is 11.4 Å². The maximum absolute atomic E-state index is 5.79. The normalized spacial score (nSPS) is 14.4. The predicted octanol–water partition coefficient (Wildman–Crippen LogP) is 3.13. The Labute approximate surface area is 115 Å². The summed E-state index contributed by atoms with van der Waals surface area (Å²) in [5.41, 5.74) is 6.46. The summed E-state index contributed by atoms with van der Waals surface area (Å²) < 4.78 is 6.34. The van der Waals surface area contributed by atoms with Gasteiger partial charge in [-0.15, -0.1) is 0 Å². The van der Waals surface area contributed by atoms with Crippen LogP contribution < -0.4 is 5.73 Å². The summed E-state index contributed by atoms with van der Waals surface area (Å²) in [7, 11) is 0. The predicted molar refractivity (Wildman–Crippen MR) is 74.1 cm³/mol. The van der Waals surface area contributed by atoms with Crippen molar-refractivity contribution < 1.29 is 4.52 Å². The molecule has 0 aliphatic carbocycles. The molecule has 2 N–H and O–H groups in total. The zero-order valence-electron chi connectivity index (χ0n) is 10.5. The summed E-state index contributed by atoms with van der Waals surface area (Å²) >= 11 is 3.43. The van der Waals surface area contributed by atoms with E-state index in [1.807, 2.05) is 31.2 Å². The largest absolute Gasteiger partial charge is 0.338 e. The topological polar surface area (TPSA) is 64.9 Å². The first-order chi connectivity index (χ1) is 8.59. The molecule has 5 heteroatoms. The van der Waals surface area contributed by atoms with Crippen molar-refractivity contribution in [2.75, 3.05) is 6.54 Å². The highest BCUT2D eigenvalue weighted by molar-refractivity contribution is 9.10. The molecule has 1 atom stereocenters. The molecule has 1 aromatic heterocycles. The molecule has 96 valence electrons. The highest BCUT2D eigenvalue weighted by Gasteiger charge is 2.29. The second-order valence-electron chi connectivity index (χ2n) is 4.55. The van der Waals surface area contributed by atoms with E-state index >= 15 is 0 Å². The second-order valence-corrected chi connectivity index (χ2v) is 5.47. The molecule has 0 saturated carbocycles. The lowest BCUT2D eigenvalue weighted by Gasteiger charge is -2.20. The Balaban J connectivity index is 2.36. The third kappa shape index (κ3) is 2.47. The van der Waals surface area contributed by atoms with E-state index in [4.69, 9.17) is 10.3 Å². The molecule has 1 aromatic carbocycles. The minimum atomic E-state index is -0.253. The van der Waals surface area contributed by atoms with Crippen LogP contribution in [-0.4, -0.2) is 16.7 Å². The van der Waals surface area contributed by atoms with Gasteiger partial charge >= 0.3 is 0 Å². The minimum absolute atomic E-state index is 0.253. The van der Waals surface area contributed by atoms with Gasteiger partial charge in [-0.05, 0) is 25.5 Å². The van der Waals surface area contributed by atoms with E-state index in [1.54, 1.807) is 0 Å². The van der Waals surface area contributed by atoms with Crippen molar-refractivity contribution in [3.63, 3.8) is 0 Å². The molecule has 0 radical (unpaired) electrons. The maximum atomic E-state index is 5.79. The molecule has 4 nitrogen and oxygen atoms in total. The fourth-order valence-electron chi connectivity index (χ4n) is 1.60. The average Bonchev–Trinajstić information content (AvgIpc) is 2.88. The van der Waals surface area contributed by atoms with Crippen LogP contribution in [0.5, 0.6) is 0 Å². The van der Waals surface area contributed by atoms with Gasteiger partial charge in [0.15, 0.2) is 0 Å². The van der Waals surface area contributed by atoms with Crippen molar-refractivity contribution >= 4 is 15.9 Å². The molecule has 0 fully saturated rings. The Bertz CT molecular complexity index is 535. The van der Waals surface area contributed by atoms with Crippen molar-refractivity contribution in [2.24, 2.45) is 5.73 Å². The fraction of sp³-hybridized carbons (Fsp3) is 0.385. The summed E-state index contributed by atoms with van der Waals surface area (Å²) in [5, 5.41) is 4.03. The molecule has 0 bridgehead atoms. The number of nitrogens with two attached hydrogens (primary N) is 1. The Kier molecular flexibility index (Phi) is 3.82. The average molecular weight is 310 g/mol. The van der Waals surface area contributed by atoms with Crippen LogP contribution >= 0.6 is 15.9 Å². The summed E-state index contributed by atoms with van der Waals surface area (Å²) in [6, 6.07) is 7.81. The number of hydrogen-bond acceptors (Lipinski definition) is 4. The van der Waals surface area contributed by atoms with E-state index in [9.17, 15) is 0 Å². The number of aromatic nitrogens is 2. The zero-order chi connectivity index (χ0) is 13.2. The molecule has 0 aliphatic heterocycles. The van der Waals surface area contributed by atoms with E-state index in [2.05, 4.69) is 33.0 Å². The van der Waals surface area contributed by atoms with Crippen molar-refractivity contribution in [3.05, 3.63) is 34.6 Å². The smallest absolute Gasteiger partial charge is 0.234 e. The van der Waals surface area contributed by atoms with Crippen LogP contribution in [0.2, 0.25) is 0 Å². The molecule has 0 aliphatic rings. The van der Waals surface area contributed by atoms with Crippen LogP contribution in [-0.2, 0) is 5.41 Å². The maximum Gasteiger partial charge on any atom is 0.234 e. The lowest BCUT2D eigenvalue weighted by Crippen LogP contribution is -2.31. The quantitative estimate of drug-likeness (QED) is 0.942. The third-order valence-corrected chi connectivity index (χ3v) is 3.75. The first-order valence-electron chi connectivity index (χ1n) is 5.89. The number of benzene rings is 1. The molecular weight excluding hydrogens is 294 g/mol. The molecule has 1 heterocycles. The number of rotatable bonds is 4. The monoisotopic (exact) mass is 309 g/mol. The Hall–Kier alpha value is -1.20. The minimum Gasteiger partial charge on any atom is -0.338 e. The first kappa shape index (κ1) is 13.2. The van der Waals surface area contributed by atoms with Gasteiger partial charge in [0.1, 0.15) is 0 Å². The lowest BCUT2D eigenvalue weighted by atomic mass is 9.88. The van der Waals surface area contributed by atoms with Crippen LogP contribution in [0.4, 0.5) is 0 Å². The van der Waals surface area contributed by atoms with E-state index in [0.29, 0.717) is 18.3 Å². The number of nitrogens with zero attached hydrogens (tertiary/aromatic N) is 2. The molecule has 2 aromatic rings. The molecule has 0 saturated heterocycles. The van der Waals surface area contributed by atoms with Crippen molar-refractivity contribution in [2.45, 2.75) is 25.7 Å². The first-order valence-corrected chi connectivity index (χ1v) is 6.68. The number of hydrogen-bond donors (Lipinski definition) is 1. The van der Waals surface area contributed by atoms with Gasteiger partial charge in [0.05, 0.1) is 5.41 Å². The van der Waals surface area contributed by atoms with Gasteiger partial charge in [0.25, 0.3) is 0 Å². The van der Waals surface area contributed by atoms with Gasteiger partial charge in [-0.1, -0.05) is 40.1 Å². The Morgan fingerprint density at radius 3 is 2.83 bits per heavy atom. The van der Waals surface area contributed by atoms with E-state index in [-0.39, 0.29) is 5.41 Å². The third-order valence-electron chi connectivity index (χ3n) is 3.26. The van der Waals surface area contributed by atoms with Crippen molar-refractivity contribution in [1.29, 1.82) is 0 Å². The molecule has 0 amide bonds. The summed E-state index contributed by atoms with van der Waals surface area (Å²) in [6.45, 7) is 4.59. The van der Waals surface area contributed by atoms with E-state index in [0.717, 1.165) is 16.5 Å². The van der Waals surface area contributed by atoms with Gasteiger partial charge in [0, 0.05) is 16.6 Å². The van der Waals surface area contributed by atoms with Crippen LogP contribution in [0.15, 0.2) is 33.3 Å². The summed E-state index contributed by atoms with van der Waals surface area (Å²) in [6.07, 6.45) is 0.865. The molecule has 0 spiro atoms. The van der Waals surface area contributed by atoms with Gasteiger partial charge in [-0.3, -0.25) is 0 Å². The summed E-state index contributed by atoms with van der Waals surface area (Å²) in [4.78, 5) is 4.46. The molecule has 1 unspecified atom stereocenters. The van der Waals surface area contributed by atoms with E-state index in [1.165, 1.54) is 0 Å². The standard InChI is InChI=1S/C13H16BrN3O/c1-3-13(2,8-15)12-16-11(17-18-12)9-5-4-6-10(14)7-9/h4-7H,3,8,15H2,1-2H3. The molecular formula is C13H16BrN3O. The van der Waals surface area contributed by atoms with E-state index < -0.39 is 0 Å². The SMILES string of the molecule is CCC(C)(CN)c1nc(-c2cccc(Br)c2)no1. The van der Waals surface area contributed by atoms with Crippen molar-refractivity contribution in [1.82, 2.24) is 10.1 Å². The zero-order valence-corrected chi connectivity index (χ0v) is 12.1. The van der Waals surface area contributed by atoms with Gasteiger partial charge < -0.3 is 10.3 Å². The van der Waals surface area contributed by atoms with Gasteiger partial charge in [-0.2, -0.15) is 4.98 Å². The van der Waals surface area contributed by atoms with Gasteiger partial charge in [-0.25, -0.2) is 0 Å². The van der Waals surface area contributed by atoms with Crippen molar-refractivity contribution in [3.8, 4) is 11.4 Å². The van der Waals surface area contributed by atoms with Crippen LogP contribution in [0.1, 0.15) is 26.2 Å². The molecule has 18 heavy (non-hydrogen) atoms. The van der Waals surface area contributed by atoms with Crippen LogP contribution in [0.3, 0.4) is 0 Å². The van der Waals surface area contributed by atoms with Gasteiger partial charge in [0.2, 0.25) is 11.7 Å². The highest BCUT2D eigenvalue weighted by atomic mass is 79.9. The Morgan fingerprint density at radius 2 is 2.22 bits per heavy atom.